The van der Waals surface area contributed by atoms with Crippen LogP contribution in [0.1, 0.15) is 50.5 Å². The molecule has 0 aromatic heterocycles. The molecule has 1 aromatic carbocycles. The lowest BCUT2D eigenvalue weighted by Gasteiger charge is -2.12. The highest BCUT2D eigenvalue weighted by molar-refractivity contribution is 6.00. The second-order valence-electron chi connectivity index (χ2n) is 4.83. The lowest BCUT2D eigenvalue weighted by atomic mass is 9.90. The summed E-state index contributed by atoms with van der Waals surface area (Å²) in [5.74, 6) is 0.318. The van der Waals surface area contributed by atoms with E-state index >= 15 is 0 Å². The molecule has 0 fully saturated rings. The third-order valence-corrected chi connectivity index (χ3v) is 3.55. The van der Waals surface area contributed by atoms with Crippen molar-refractivity contribution in [3.63, 3.8) is 0 Å². The van der Waals surface area contributed by atoms with Crippen molar-refractivity contribution in [2.45, 2.75) is 44.9 Å². The van der Waals surface area contributed by atoms with Gasteiger partial charge in [0.25, 0.3) is 0 Å². The first-order chi connectivity index (χ1) is 8.29. The molecule has 0 bridgehead atoms. The van der Waals surface area contributed by atoms with E-state index in [9.17, 15) is 4.79 Å². The molecule has 0 N–H and O–H groups in total. The van der Waals surface area contributed by atoms with Crippen LogP contribution >= 0.6 is 0 Å². The number of Topliss-reactive ketones (excluding diaryl/α,β-unsaturated/α-hetero) is 1. The van der Waals surface area contributed by atoms with Gasteiger partial charge in [-0.05, 0) is 36.8 Å². The van der Waals surface area contributed by atoms with Gasteiger partial charge in [-0.2, -0.15) is 0 Å². The summed E-state index contributed by atoms with van der Waals surface area (Å²) in [5, 5.41) is 0. The summed E-state index contributed by atoms with van der Waals surface area (Å²) in [6.07, 6.45) is 7.86. The molecule has 0 amide bonds. The predicted octanol–water partition coefficient (Wildman–Crippen LogP) is 4.25. The number of hydrogen-bond acceptors (Lipinski definition) is 1. The summed E-state index contributed by atoms with van der Waals surface area (Å²) >= 11 is 0. The van der Waals surface area contributed by atoms with Crippen LogP contribution in [0.5, 0.6) is 0 Å². The number of ketones is 1. The maximum atomic E-state index is 12.4. The fourth-order valence-electron chi connectivity index (χ4n) is 2.41. The van der Waals surface area contributed by atoms with Gasteiger partial charge in [-0.25, -0.2) is 0 Å². The number of carbonyl (C=O) groups is 1. The van der Waals surface area contributed by atoms with Gasteiger partial charge in [0.05, 0.1) is 0 Å². The first kappa shape index (κ1) is 12.1. The molecule has 0 saturated heterocycles. The van der Waals surface area contributed by atoms with Gasteiger partial charge in [0.2, 0.25) is 0 Å². The maximum Gasteiger partial charge on any atom is 0.165 e. The summed E-state index contributed by atoms with van der Waals surface area (Å²) in [4.78, 5) is 12.4. The molecule has 0 saturated carbocycles. The smallest absolute Gasteiger partial charge is 0.165 e. The van der Waals surface area contributed by atoms with Gasteiger partial charge in [0, 0.05) is 5.92 Å². The first-order valence-electron chi connectivity index (χ1n) is 6.57. The number of allylic oxidation sites excluding steroid dienone is 2. The Morgan fingerprint density at radius 3 is 2.65 bits per heavy atom. The zero-order valence-corrected chi connectivity index (χ0v) is 10.5. The Morgan fingerprint density at radius 2 is 1.88 bits per heavy atom. The molecule has 0 aliphatic heterocycles. The van der Waals surface area contributed by atoms with E-state index in [2.05, 4.69) is 6.08 Å². The van der Waals surface area contributed by atoms with Crippen molar-refractivity contribution in [1.82, 2.24) is 0 Å². The zero-order chi connectivity index (χ0) is 12.1. The highest BCUT2D eigenvalue weighted by atomic mass is 16.1. The van der Waals surface area contributed by atoms with E-state index in [1.165, 1.54) is 19.3 Å². The maximum absolute atomic E-state index is 12.4. The fraction of sp³-hybridized carbons (Fsp3) is 0.438. The average molecular weight is 228 g/mol. The highest BCUT2D eigenvalue weighted by Crippen LogP contribution is 2.25. The molecular formula is C16H20O. The van der Waals surface area contributed by atoms with Crippen molar-refractivity contribution in [2.24, 2.45) is 0 Å². The molecule has 0 spiro atoms. The summed E-state index contributed by atoms with van der Waals surface area (Å²) in [6.45, 7) is 2.02. The minimum atomic E-state index is 0.000509. The minimum Gasteiger partial charge on any atom is -0.294 e. The van der Waals surface area contributed by atoms with Crippen molar-refractivity contribution in [3.05, 3.63) is 47.5 Å². The summed E-state index contributed by atoms with van der Waals surface area (Å²) in [5.41, 5.74) is 2.18. The van der Waals surface area contributed by atoms with Crippen LogP contribution in [0.2, 0.25) is 0 Å². The summed E-state index contributed by atoms with van der Waals surface area (Å²) in [7, 11) is 0. The van der Waals surface area contributed by atoms with Gasteiger partial charge in [-0.1, -0.05) is 49.8 Å². The topological polar surface area (TPSA) is 17.1 Å². The van der Waals surface area contributed by atoms with E-state index in [-0.39, 0.29) is 5.92 Å². The van der Waals surface area contributed by atoms with E-state index in [0.717, 1.165) is 24.0 Å². The Labute approximate surface area is 104 Å². The van der Waals surface area contributed by atoms with Crippen molar-refractivity contribution in [3.8, 4) is 0 Å². The molecule has 2 rings (SSSR count). The van der Waals surface area contributed by atoms with Crippen molar-refractivity contribution >= 4 is 5.78 Å². The fourth-order valence-corrected chi connectivity index (χ4v) is 2.41. The third-order valence-electron chi connectivity index (χ3n) is 3.55. The molecular weight excluding hydrogens is 208 g/mol. The average Bonchev–Trinajstić information content (AvgIpc) is 2.67. The van der Waals surface area contributed by atoms with Crippen LogP contribution in [-0.2, 0) is 4.79 Å². The van der Waals surface area contributed by atoms with Crippen LogP contribution in [0.15, 0.2) is 42.0 Å². The van der Waals surface area contributed by atoms with E-state index in [0.29, 0.717) is 5.78 Å². The Morgan fingerprint density at radius 1 is 1.12 bits per heavy atom. The van der Waals surface area contributed by atoms with Gasteiger partial charge >= 0.3 is 0 Å². The molecule has 1 nitrogen and oxygen atoms in total. The number of hydrogen-bond donors (Lipinski definition) is 0. The van der Waals surface area contributed by atoms with E-state index in [1.54, 1.807) is 0 Å². The van der Waals surface area contributed by atoms with Crippen molar-refractivity contribution in [1.29, 1.82) is 0 Å². The first-order valence-corrected chi connectivity index (χ1v) is 6.57. The van der Waals surface area contributed by atoms with Crippen LogP contribution in [0.25, 0.3) is 0 Å². The molecule has 1 unspecified atom stereocenters. The molecule has 90 valence electrons. The summed E-state index contributed by atoms with van der Waals surface area (Å²) < 4.78 is 0. The second kappa shape index (κ2) is 5.81. The van der Waals surface area contributed by atoms with Crippen molar-refractivity contribution in [2.75, 3.05) is 0 Å². The quantitative estimate of drug-likeness (QED) is 0.756. The molecule has 1 heteroatoms. The minimum absolute atomic E-state index is 0.000509. The molecule has 17 heavy (non-hydrogen) atoms. The van der Waals surface area contributed by atoms with Gasteiger partial charge in [-0.15, -0.1) is 0 Å². The van der Waals surface area contributed by atoms with E-state index < -0.39 is 0 Å². The Hall–Kier alpha value is -1.37. The molecule has 0 radical (unpaired) electrons. The van der Waals surface area contributed by atoms with Crippen molar-refractivity contribution < 1.29 is 4.79 Å². The standard InChI is InChI=1S/C16H20O/c1-13(14-9-7-4-8-10-14)16(17)15-11-5-2-3-6-12-15/h4,7-11,13H,2-3,5-6,12H2,1H3. The molecule has 1 aromatic rings. The van der Waals surface area contributed by atoms with Crippen LogP contribution in [0, 0.1) is 0 Å². The molecule has 0 heterocycles. The SMILES string of the molecule is CC(C(=O)C1=CCCCCC1)c1ccccc1. The Balaban J connectivity index is 2.11. The summed E-state index contributed by atoms with van der Waals surface area (Å²) in [6, 6.07) is 10.1. The molecule has 1 aliphatic carbocycles. The lowest BCUT2D eigenvalue weighted by Crippen LogP contribution is -2.11. The van der Waals surface area contributed by atoms with Crippen LogP contribution in [0.4, 0.5) is 0 Å². The van der Waals surface area contributed by atoms with Crippen LogP contribution < -0.4 is 0 Å². The lowest BCUT2D eigenvalue weighted by molar-refractivity contribution is -0.116. The van der Waals surface area contributed by atoms with Gasteiger partial charge in [0.15, 0.2) is 5.78 Å². The Bertz CT molecular complexity index is 403. The number of benzene rings is 1. The van der Waals surface area contributed by atoms with Gasteiger partial charge < -0.3 is 0 Å². The van der Waals surface area contributed by atoms with E-state index in [1.807, 2.05) is 37.3 Å². The van der Waals surface area contributed by atoms with Crippen LogP contribution in [0.3, 0.4) is 0 Å². The molecule has 1 atom stereocenters. The van der Waals surface area contributed by atoms with Gasteiger partial charge in [0.1, 0.15) is 0 Å². The third kappa shape index (κ3) is 3.06. The highest BCUT2D eigenvalue weighted by Gasteiger charge is 2.19. The number of carbonyl (C=O) groups excluding carboxylic acids is 1. The van der Waals surface area contributed by atoms with Crippen LogP contribution in [-0.4, -0.2) is 5.78 Å². The van der Waals surface area contributed by atoms with Gasteiger partial charge in [-0.3, -0.25) is 4.79 Å². The Kier molecular flexibility index (Phi) is 4.13. The number of rotatable bonds is 3. The monoisotopic (exact) mass is 228 g/mol. The zero-order valence-electron chi connectivity index (χ0n) is 10.5. The second-order valence-corrected chi connectivity index (χ2v) is 4.83. The van der Waals surface area contributed by atoms with E-state index in [4.69, 9.17) is 0 Å². The molecule has 1 aliphatic rings. The predicted molar refractivity (Wildman–Crippen MR) is 71.0 cm³/mol. The normalized spacial score (nSPS) is 18.1. The largest absolute Gasteiger partial charge is 0.294 e.